The van der Waals surface area contributed by atoms with E-state index in [9.17, 15) is 9.59 Å². The molecule has 6 heteroatoms. The minimum Gasteiger partial charge on any atom is -0.494 e. The molecule has 2 aromatic carbocycles. The van der Waals surface area contributed by atoms with Crippen molar-refractivity contribution in [2.45, 2.75) is 6.92 Å². The SMILES string of the molecule is CCOc1cccc(N2C(=O)C(=Cc3ccccc3)C(=O)NC2=S)c1. The van der Waals surface area contributed by atoms with Crippen LogP contribution in [0.5, 0.6) is 5.75 Å². The molecule has 0 unspecified atom stereocenters. The first kappa shape index (κ1) is 16.9. The summed E-state index contributed by atoms with van der Waals surface area (Å²) >= 11 is 5.19. The second-order valence-corrected chi connectivity index (χ2v) is 5.69. The van der Waals surface area contributed by atoms with Crippen molar-refractivity contribution in [2.24, 2.45) is 0 Å². The van der Waals surface area contributed by atoms with Crippen LogP contribution in [0.15, 0.2) is 60.2 Å². The van der Waals surface area contributed by atoms with E-state index in [1.54, 1.807) is 30.3 Å². The van der Waals surface area contributed by atoms with E-state index in [4.69, 9.17) is 17.0 Å². The van der Waals surface area contributed by atoms with E-state index in [2.05, 4.69) is 5.32 Å². The fourth-order valence-corrected chi connectivity index (χ4v) is 2.77. The van der Waals surface area contributed by atoms with E-state index in [-0.39, 0.29) is 10.7 Å². The molecule has 1 saturated heterocycles. The summed E-state index contributed by atoms with van der Waals surface area (Å²) < 4.78 is 5.47. The van der Waals surface area contributed by atoms with Crippen LogP contribution in [0.1, 0.15) is 12.5 Å². The Balaban J connectivity index is 1.98. The Labute approximate surface area is 150 Å². The Hall–Kier alpha value is -2.99. The van der Waals surface area contributed by atoms with Gasteiger partial charge in [0.05, 0.1) is 12.3 Å². The van der Waals surface area contributed by atoms with Crippen molar-refractivity contribution in [1.29, 1.82) is 0 Å². The lowest BCUT2D eigenvalue weighted by molar-refractivity contribution is -0.122. The number of benzene rings is 2. The average molecular weight is 352 g/mol. The fourth-order valence-electron chi connectivity index (χ4n) is 2.49. The molecular weight excluding hydrogens is 336 g/mol. The third-order valence-corrected chi connectivity index (χ3v) is 3.88. The van der Waals surface area contributed by atoms with E-state index >= 15 is 0 Å². The largest absolute Gasteiger partial charge is 0.494 e. The zero-order valence-electron chi connectivity index (χ0n) is 13.6. The lowest BCUT2D eigenvalue weighted by Crippen LogP contribution is -2.54. The molecule has 2 amide bonds. The maximum atomic E-state index is 12.9. The van der Waals surface area contributed by atoms with Crippen LogP contribution < -0.4 is 15.0 Å². The molecule has 0 spiro atoms. The summed E-state index contributed by atoms with van der Waals surface area (Å²) in [6, 6.07) is 16.2. The molecule has 0 saturated carbocycles. The standard InChI is InChI=1S/C19H16N2O3S/c1-2-24-15-10-6-9-14(12-15)21-18(23)16(17(22)20-19(21)25)11-13-7-4-3-5-8-13/h3-12H,2H2,1H3,(H,20,22,25). The van der Waals surface area contributed by atoms with Crippen molar-refractivity contribution in [2.75, 3.05) is 11.5 Å². The molecular formula is C19H16N2O3S. The number of nitrogens with one attached hydrogen (secondary N) is 1. The van der Waals surface area contributed by atoms with Gasteiger partial charge in [-0.2, -0.15) is 0 Å². The molecule has 2 aromatic rings. The smallest absolute Gasteiger partial charge is 0.270 e. The lowest BCUT2D eigenvalue weighted by Gasteiger charge is -2.29. The van der Waals surface area contributed by atoms with E-state index in [0.717, 1.165) is 5.56 Å². The Kier molecular flexibility index (Phi) is 4.90. The van der Waals surface area contributed by atoms with Crippen molar-refractivity contribution in [3.05, 3.63) is 65.7 Å². The van der Waals surface area contributed by atoms with Crippen LogP contribution in [0.4, 0.5) is 5.69 Å². The van der Waals surface area contributed by atoms with Gasteiger partial charge in [-0.1, -0.05) is 36.4 Å². The molecule has 0 aliphatic carbocycles. The Morgan fingerprint density at radius 1 is 1.12 bits per heavy atom. The molecule has 1 aliphatic rings. The highest BCUT2D eigenvalue weighted by atomic mass is 32.1. The summed E-state index contributed by atoms with van der Waals surface area (Å²) in [6.07, 6.45) is 1.55. The van der Waals surface area contributed by atoms with Crippen LogP contribution in [0.25, 0.3) is 6.08 Å². The van der Waals surface area contributed by atoms with Crippen molar-refractivity contribution < 1.29 is 14.3 Å². The third-order valence-electron chi connectivity index (χ3n) is 3.60. The second kappa shape index (κ2) is 7.27. The first-order chi connectivity index (χ1) is 12.1. The maximum Gasteiger partial charge on any atom is 0.270 e. The van der Waals surface area contributed by atoms with Gasteiger partial charge in [-0.3, -0.25) is 19.8 Å². The maximum absolute atomic E-state index is 12.9. The highest BCUT2D eigenvalue weighted by Crippen LogP contribution is 2.25. The summed E-state index contributed by atoms with van der Waals surface area (Å²) in [6.45, 7) is 2.39. The highest BCUT2D eigenvalue weighted by Gasteiger charge is 2.34. The molecule has 126 valence electrons. The number of ether oxygens (including phenoxy) is 1. The van der Waals surface area contributed by atoms with Crippen LogP contribution in [0.3, 0.4) is 0 Å². The van der Waals surface area contributed by atoms with Gasteiger partial charge in [-0.15, -0.1) is 0 Å². The Morgan fingerprint density at radius 2 is 1.88 bits per heavy atom. The quantitative estimate of drug-likeness (QED) is 0.522. The van der Waals surface area contributed by atoms with E-state index < -0.39 is 11.8 Å². The summed E-state index contributed by atoms with van der Waals surface area (Å²) in [4.78, 5) is 26.4. The predicted molar refractivity (Wildman–Crippen MR) is 100 cm³/mol. The van der Waals surface area contributed by atoms with Gasteiger partial charge >= 0.3 is 0 Å². The number of hydrogen-bond donors (Lipinski definition) is 1. The minimum atomic E-state index is -0.504. The van der Waals surface area contributed by atoms with Crippen molar-refractivity contribution in [3.63, 3.8) is 0 Å². The van der Waals surface area contributed by atoms with Crippen molar-refractivity contribution in [1.82, 2.24) is 5.32 Å². The molecule has 0 radical (unpaired) electrons. The summed E-state index contributed by atoms with van der Waals surface area (Å²) in [5.74, 6) is -0.344. The number of carbonyl (C=O) groups excluding carboxylic acids is 2. The second-order valence-electron chi connectivity index (χ2n) is 5.30. The first-order valence-electron chi connectivity index (χ1n) is 7.79. The van der Waals surface area contributed by atoms with E-state index in [0.29, 0.717) is 18.0 Å². The zero-order valence-corrected chi connectivity index (χ0v) is 14.4. The normalized spacial score (nSPS) is 16.1. The summed E-state index contributed by atoms with van der Waals surface area (Å²) in [5.41, 5.74) is 1.33. The molecule has 1 fully saturated rings. The number of hydrogen-bond acceptors (Lipinski definition) is 4. The van der Waals surface area contributed by atoms with Gasteiger partial charge in [0.2, 0.25) is 0 Å². The minimum absolute atomic E-state index is 0.0293. The van der Waals surface area contributed by atoms with Gasteiger partial charge in [-0.05, 0) is 42.9 Å². The molecule has 25 heavy (non-hydrogen) atoms. The third kappa shape index (κ3) is 3.59. The van der Waals surface area contributed by atoms with Gasteiger partial charge in [0.1, 0.15) is 11.3 Å². The van der Waals surface area contributed by atoms with Gasteiger partial charge in [0.25, 0.3) is 11.8 Å². The van der Waals surface area contributed by atoms with Crippen LogP contribution in [-0.4, -0.2) is 23.5 Å². The highest BCUT2D eigenvalue weighted by molar-refractivity contribution is 7.80. The monoisotopic (exact) mass is 352 g/mol. The van der Waals surface area contributed by atoms with E-state index in [1.165, 1.54) is 4.90 Å². The van der Waals surface area contributed by atoms with Crippen LogP contribution in [0, 0.1) is 0 Å². The number of amides is 2. The number of thiocarbonyl (C=S) groups is 1. The molecule has 3 rings (SSSR count). The Morgan fingerprint density at radius 3 is 2.60 bits per heavy atom. The average Bonchev–Trinajstić information content (AvgIpc) is 2.60. The first-order valence-corrected chi connectivity index (χ1v) is 8.20. The van der Waals surface area contributed by atoms with Gasteiger partial charge in [0.15, 0.2) is 5.11 Å². The molecule has 0 atom stereocenters. The lowest BCUT2D eigenvalue weighted by atomic mass is 10.1. The van der Waals surface area contributed by atoms with Crippen LogP contribution in [0.2, 0.25) is 0 Å². The zero-order chi connectivity index (χ0) is 17.8. The topological polar surface area (TPSA) is 58.6 Å². The molecule has 0 bridgehead atoms. The van der Waals surface area contributed by atoms with Crippen LogP contribution in [-0.2, 0) is 9.59 Å². The Bertz CT molecular complexity index is 862. The number of carbonyl (C=O) groups is 2. The van der Waals surface area contributed by atoms with E-state index in [1.807, 2.05) is 37.3 Å². The number of anilines is 1. The molecule has 1 aliphatic heterocycles. The molecule has 1 heterocycles. The number of rotatable bonds is 4. The predicted octanol–water partition coefficient (Wildman–Crippen LogP) is 2.92. The van der Waals surface area contributed by atoms with Gasteiger partial charge in [0, 0.05) is 6.07 Å². The van der Waals surface area contributed by atoms with Crippen molar-refractivity contribution in [3.8, 4) is 5.75 Å². The van der Waals surface area contributed by atoms with Gasteiger partial charge < -0.3 is 4.74 Å². The molecule has 1 N–H and O–H groups in total. The number of nitrogens with zero attached hydrogens (tertiary/aromatic N) is 1. The molecule has 5 nitrogen and oxygen atoms in total. The summed E-state index contributed by atoms with van der Waals surface area (Å²) in [5, 5.41) is 2.62. The van der Waals surface area contributed by atoms with Gasteiger partial charge in [-0.25, -0.2) is 0 Å². The summed E-state index contributed by atoms with van der Waals surface area (Å²) in [7, 11) is 0. The van der Waals surface area contributed by atoms with Crippen LogP contribution >= 0.6 is 12.2 Å². The fraction of sp³-hybridized carbons (Fsp3) is 0.105. The molecule has 0 aromatic heterocycles. The van der Waals surface area contributed by atoms with Crippen molar-refractivity contribution >= 4 is 40.9 Å².